The Morgan fingerprint density at radius 3 is 2.41 bits per heavy atom. The van der Waals surface area contributed by atoms with Crippen molar-refractivity contribution in [2.75, 3.05) is 13.7 Å². The molecular formula is C16H24N2O4. The fourth-order valence-electron chi connectivity index (χ4n) is 2.73. The first-order valence-corrected chi connectivity index (χ1v) is 7.22. The van der Waals surface area contributed by atoms with Crippen LogP contribution in [0.25, 0.3) is 0 Å². The second-order valence-electron chi connectivity index (χ2n) is 6.60. The third-order valence-electron chi connectivity index (χ3n) is 3.65. The zero-order valence-electron chi connectivity index (χ0n) is 13.9. The molecule has 1 aliphatic heterocycles. The molecule has 1 amide bonds. The van der Waals surface area contributed by atoms with E-state index in [9.17, 15) is 14.9 Å². The first-order valence-electron chi connectivity index (χ1n) is 7.22. The zero-order valence-corrected chi connectivity index (χ0v) is 13.9. The maximum atomic E-state index is 12.1. The van der Waals surface area contributed by atoms with Gasteiger partial charge >= 0.3 is 12.1 Å². The fourth-order valence-corrected chi connectivity index (χ4v) is 2.73. The van der Waals surface area contributed by atoms with Crippen molar-refractivity contribution in [3.05, 3.63) is 12.2 Å². The van der Waals surface area contributed by atoms with Crippen molar-refractivity contribution >= 4 is 12.1 Å². The number of rotatable bonds is 3. The molecule has 1 heterocycles. The molecule has 122 valence electrons. The summed E-state index contributed by atoms with van der Waals surface area (Å²) in [5.41, 5.74) is 0.249. The van der Waals surface area contributed by atoms with E-state index in [2.05, 4.69) is 12.6 Å². The molecule has 0 bridgehead atoms. The van der Waals surface area contributed by atoms with Crippen molar-refractivity contribution in [3.63, 3.8) is 0 Å². The summed E-state index contributed by atoms with van der Waals surface area (Å²) in [6.07, 6.45) is -0.495. The number of hydrogen-bond donors (Lipinski definition) is 0. The maximum Gasteiger partial charge on any atom is 0.410 e. The molecule has 1 fully saturated rings. The van der Waals surface area contributed by atoms with Crippen LogP contribution in [0.4, 0.5) is 4.79 Å². The highest BCUT2D eigenvalue weighted by molar-refractivity contribution is 5.72. The Hall–Kier alpha value is -2.03. The van der Waals surface area contributed by atoms with Crippen LogP contribution in [0.5, 0.6) is 0 Å². The van der Waals surface area contributed by atoms with E-state index in [1.54, 1.807) is 20.8 Å². The van der Waals surface area contributed by atoms with Crippen LogP contribution in [0.2, 0.25) is 0 Å². The number of amides is 1. The number of nitrogens with zero attached hydrogens (tertiary/aromatic N) is 2. The maximum absolute atomic E-state index is 12.1. The van der Waals surface area contributed by atoms with Crippen LogP contribution in [0.15, 0.2) is 12.2 Å². The molecule has 0 aromatic rings. The Balaban J connectivity index is 2.97. The molecule has 1 unspecified atom stereocenters. The molecule has 0 aromatic heterocycles. The first kappa shape index (κ1) is 18.0. The van der Waals surface area contributed by atoms with Gasteiger partial charge in [-0.15, -0.1) is 0 Å². The number of hydrogen-bond acceptors (Lipinski definition) is 5. The largest absolute Gasteiger partial charge is 0.460 e. The highest BCUT2D eigenvalue weighted by Crippen LogP contribution is 2.37. The van der Waals surface area contributed by atoms with E-state index in [-0.39, 0.29) is 24.2 Å². The summed E-state index contributed by atoms with van der Waals surface area (Å²) in [4.78, 5) is 25.3. The normalized spacial score (nSPS) is 24.5. The van der Waals surface area contributed by atoms with Crippen LogP contribution < -0.4 is 0 Å². The average Bonchev–Trinajstić information content (AvgIpc) is 2.74. The minimum atomic E-state index is -0.721. The topological polar surface area (TPSA) is 79.6 Å². The minimum Gasteiger partial charge on any atom is -0.460 e. The van der Waals surface area contributed by atoms with E-state index < -0.39 is 17.7 Å². The average molecular weight is 308 g/mol. The number of esters is 1. The van der Waals surface area contributed by atoms with Gasteiger partial charge in [0.1, 0.15) is 11.6 Å². The Morgan fingerprint density at radius 2 is 2.00 bits per heavy atom. The Bertz CT molecular complexity index is 501. The number of likely N-dealkylation sites (tertiary alicyclic amines) is 1. The Labute approximate surface area is 131 Å². The molecule has 0 radical (unpaired) electrons. The molecule has 1 saturated heterocycles. The van der Waals surface area contributed by atoms with E-state index in [0.717, 1.165) is 5.57 Å². The van der Waals surface area contributed by atoms with Gasteiger partial charge in [0, 0.05) is 18.4 Å². The number of carbonyl (C=O) groups is 2. The van der Waals surface area contributed by atoms with Crippen LogP contribution >= 0.6 is 0 Å². The van der Waals surface area contributed by atoms with E-state index in [1.807, 2.05) is 6.92 Å². The van der Waals surface area contributed by atoms with Crippen molar-refractivity contribution in [2.45, 2.75) is 45.8 Å². The molecule has 0 aliphatic carbocycles. The lowest BCUT2D eigenvalue weighted by Crippen LogP contribution is -2.37. The molecule has 3 atom stereocenters. The van der Waals surface area contributed by atoms with Crippen molar-refractivity contribution in [1.82, 2.24) is 4.90 Å². The SMILES string of the molecule is C=C(C)[C@H]1CN(C(=O)OC)C(C#N)[C@H]1CC(=O)OC(C)(C)C. The van der Waals surface area contributed by atoms with Gasteiger partial charge in [0.2, 0.25) is 0 Å². The van der Waals surface area contributed by atoms with E-state index >= 15 is 0 Å². The van der Waals surface area contributed by atoms with Gasteiger partial charge in [-0.3, -0.25) is 9.69 Å². The van der Waals surface area contributed by atoms with Crippen LogP contribution in [0, 0.1) is 23.2 Å². The van der Waals surface area contributed by atoms with Crippen molar-refractivity contribution < 1.29 is 19.1 Å². The molecule has 0 spiro atoms. The number of nitriles is 1. The number of ether oxygens (including phenoxy) is 2. The minimum absolute atomic E-state index is 0.0700. The smallest absolute Gasteiger partial charge is 0.410 e. The lowest BCUT2D eigenvalue weighted by atomic mass is 9.84. The summed E-state index contributed by atoms with van der Waals surface area (Å²) < 4.78 is 10.0. The van der Waals surface area contributed by atoms with Gasteiger partial charge < -0.3 is 9.47 Å². The standard InChI is InChI=1S/C16H24N2O4/c1-10(2)12-9-18(15(20)21-6)13(8-17)11(12)7-14(19)22-16(3,4)5/h11-13H,1,7,9H2,2-6H3/t11-,12+,13?/m0/s1. The fraction of sp³-hybridized carbons (Fsp3) is 0.688. The van der Waals surface area contributed by atoms with Crippen LogP contribution in [0.3, 0.4) is 0 Å². The van der Waals surface area contributed by atoms with Crippen LogP contribution in [-0.2, 0) is 14.3 Å². The third-order valence-corrected chi connectivity index (χ3v) is 3.65. The molecule has 0 aromatic carbocycles. The second-order valence-corrected chi connectivity index (χ2v) is 6.60. The first-order chi connectivity index (χ1) is 10.1. The molecule has 22 heavy (non-hydrogen) atoms. The summed E-state index contributed by atoms with van der Waals surface area (Å²) in [6, 6.07) is 1.39. The molecule has 6 heteroatoms. The van der Waals surface area contributed by atoms with Crippen molar-refractivity contribution in [2.24, 2.45) is 11.8 Å². The highest BCUT2D eigenvalue weighted by atomic mass is 16.6. The van der Waals surface area contributed by atoms with Crippen LogP contribution in [-0.4, -0.2) is 42.3 Å². The Morgan fingerprint density at radius 1 is 1.41 bits per heavy atom. The molecule has 6 nitrogen and oxygen atoms in total. The zero-order chi connectivity index (χ0) is 17.1. The predicted molar refractivity (Wildman–Crippen MR) is 80.8 cm³/mol. The van der Waals surface area contributed by atoms with Crippen LogP contribution in [0.1, 0.15) is 34.1 Å². The van der Waals surface area contributed by atoms with Gasteiger partial charge in [-0.1, -0.05) is 12.2 Å². The van der Waals surface area contributed by atoms with Gasteiger partial charge in [0.05, 0.1) is 19.6 Å². The van der Waals surface area contributed by atoms with Gasteiger partial charge in [0.15, 0.2) is 0 Å². The van der Waals surface area contributed by atoms with Gasteiger partial charge in [-0.2, -0.15) is 5.26 Å². The van der Waals surface area contributed by atoms with Gasteiger partial charge in [0.25, 0.3) is 0 Å². The monoisotopic (exact) mass is 308 g/mol. The lowest BCUT2D eigenvalue weighted by Gasteiger charge is -2.24. The quantitative estimate of drug-likeness (QED) is 0.591. The second kappa shape index (κ2) is 6.82. The molecule has 0 saturated carbocycles. The Kier molecular flexibility index (Phi) is 5.59. The molecule has 1 aliphatic rings. The van der Waals surface area contributed by atoms with Gasteiger partial charge in [-0.05, 0) is 27.7 Å². The molecule has 1 rings (SSSR count). The number of carbonyl (C=O) groups excluding carboxylic acids is 2. The number of methoxy groups -OCH3 is 1. The molecular weight excluding hydrogens is 284 g/mol. The highest BCUT2D eigenvalue weighted by Gasteiger charge is 2.46. The van der Waals surface area contributed by atoms with E-state index in [4.69, 9.17) is 9.47 Å². The summed E-state index contributed by atoms with van der Waals surface area (Å²) in [5, 5.41) is 9.42. The van der Waals surface area contributed by atoms with Crippen molar-refractivity contribution in [1.29, 1.82) is 5.26 Å². The predicted octanol–water partition coefficient (Wildman–Crippen LogP) is 2.50. The summed E-state index contributed by atoms with van der Waals surface area (Å²) in [5.74, 6) is -0.844. The summed E-state index contributed by atoms with van der Waals surface area (Å²) in [6.45, 7) is 11.4. The van der Waals surface area contributed by atoms with Gasteiger partial charge in [-0.25, -0.2) is 4.79 Å². The van der Waals surface area contributed by atoms with E-state index in [1.165, 1.54) is 12.0 Å². The lowest BCUT2D eigenvalue weighted by molar-refractivity contribution is -0.156. The van der Waals surface area contributed by atoms with E-state index in [0.29, 0.717) is 6.54 Å². The molecule has 0 N–H and O–H groups in total. The third kappa shape index (κ3) is 4.23. The summed E-state index contributed by atoms with van der Waals surface area (Å²) >= 11 is 0. The van der Waals surface area contributed by atoms with Crippen molar-refractivity contribution in [3.8, 4) is 6.07 Å². The summed E-state index contributed by atoms with van der Waals surface area (Å²) in [7, 11) is 1.27.